The summed E-state index contributed by atoms with van der Waals surface area (Å²) in [6.07, 6.45) is 3.21. The Morgan fingerprint density at radius 3 is 2.65 bits per heavy atom. The molecule has 0 amide bonds. The normalized spacial score (nSPS) is 10.8. The molecular formula is C22H24N2O2. The number of aromatic amines is 1. The minimum Gasteiger partial charge on any atom is -0.497 e. The van der Waals surface area contributed by atoms with E-state index in [1.165, 1.54) is 5.56 Å². The molecule has 2 heterocycles. The Labute approximate surface area is 154 Å². The van der Waals surface area contributed by atoms with Gasteiger partial charge in [0.15, 0.2) is 0 Å². The molecular weight excluding hydrogens is 324 g/mol. The average Bonchev–Trinajstić information content (AvgIpc) is 2.99. The summed E-state index contributed by atoms with van der Waals surface area (Å²) in [6.45, 7) is 4.51. The van der Waals surface area contributed by atoms with Crippen molar-refractivity contribution in [3.63, 3.8) is 0 Å². The molecule has 0 aliphatic rings. The number of aliphatic hydroxyl groups excluding tert-OH is 1. The third kappa shape index (κ3) is 3.89. The average molecular weight is 348 g/mol. The van der Waals surface area contributed by atoms with Gasteiger partial charge in [0.2, 0.25) is 0 Å². The number of nitrogens with one attached hydrogen (secondary N) is 1. The smallest absolute Gasteiger partial charge is 0.138 e. The van der Waals surface area contributed by atoms with Crippen LogP contribution in [0.5, 0.6) is 5.75 Å². The number of hydrogen-bond acceptors (Lipinski definition) is 3. The SMILES string of the molecule is COc1ccc(-c2[nH]c3ncc(C#CCCO)cc3c2CC(C)C)cc1. The van der Waals surface area contributed by atoms with Gasteiger partial charge in [0.1, 0.15) is 11.4 Å². The maximum atomic E-state index is 8.89. The minimum absolute atomic E-state index is 0.0764. The summed E-state index contributed by atoms with van der Waals surface area (Å²) in [6, 6.07) is 10.2. The second-order valence-electron chi connectivity index (χ2n) is 6.70. The van der Waals surface area contributed by atoms with Crippen molar-refractivity contribution in [3.8, 4) is 28.8 Å². The fraction of sp³-hybridized carbons (Fsp3) is 0.318. The molecule has 0 saturated carbocycles. The number of benzene rings is 1. The van der Waals surface area contributed by atoms with Gasteiger partial charge in [-0.25, -0.2) is 4.98 Å². The highest BCUT2D eigenvalue weighted by Gasteiger charge is 2.15. The van der Waals surface area contributed by atoms with Crippen molar-refractivity contribution in [2.24, 2.45) is 5.92 Å². The molecule has 3 rings (SSSR count). The summed E-state index contributed by atoms with van der Waals surface area (Å²) in [5.41, 5.74) is 5.23. The van der Waals surface area contributed by atoms with Crippen LogP contribution in [-0.2, 0) is 6.42 Å². The van der Waals surface area contributed by atoms with Crippen LogP contribution >= 0.6 is 0 Å². The third-order valence-corrected chi connectivity index (χ3v) is 4.22. The van der Waals surface area contributed by atoms with Crippen LogP contribution in [0.1, 0.15) is 31.4 Å². The topological polar surface area (TPSA) is 58.1 Å². The Bertz CT molecular complexity index is 944. The molecule has 26 heavy (non-hydrogen) atoms. The lowest BCUT2D eigenvalue weighted by atomic mass is 9.97. The zero-order chi connectivity index (χ0) is 18.5. The number of H-pyrrole nitrogens is 1. The van der Waals surface area contributed by atoms with E-state index in [1.807, 2.05) is 12.1 Å². The summed E-state index contributed by atoms with van der Waals surface area (Å²) in [5.74, 6) is 7.41. The van der Waals surface area contributed by atoms with E-state index in [0.29, 0.717) is 12.3 Å². The Kier molecular flexibility index (Phi) is 5.60. The van der Waals surface area contributed by atoms with Gasteiger partial charge in [0.05, 0.1) is 19.4 Å². The number of hydrogen-bond donors (Lipinski definition) is 2. The molecule has 0 aliphatic carbocycles. The summed E-state index contributed by atoms with van der Waals surface area (Å²) in [7, 11) is 1.67. The number of pyridine rings is 1. The van der Waals surface area contributed by atoms with Gasteiger partial charge in [-0.3, -0.25) is 0 Å². The van der Waals surface area contributed by atoms with Crippen LogP contribution < -0.4 is 4.74 Å². The van der Waals surface area contributed by atoms with Crippen LogP contribution in [0.25, 0.3) is 22.3 Å². The summed E-state index contributed by atoms with van der Waals surface area (Å²) in [5, 5.41) is 10.0. The van der Waals surface area contributed by atoms with Crippen LogP contribution in [0.4, 0.5) is 0 Å². The third-order valence-electron chi connectivity index (χ3n) is 4.22. The first kappa shape index (κ1) is 18.0. The molecule has 2 aromatic heterocycles. The van der Waals surface area contributed by atoms with Gasteiger partial charge in [-0.05, 0) is 53.8 Å². The summed E-state index contributed by atoms with van der Waals surface area (Å²) >= 11 is 0. The van der Waals surface area contributed by atoms with Gasteiger partial charge in [-0.2, -0.15) is 0 Å². The predicted molar refractivity (Wildman–Crippen MR) is 105 cm³/mol. The van der Waals surface area contributed by atoms with E-state index >= 15 is 0 Å². The number of nitrogens with zero attached hydrogens (tertiary/aromatic N) is 1. The van der Waals surface area contributed by atoms with Crippen LogP contribution in [0, 0.1) is 17.8 Å². The Morgan fingerprint density at radius 2 is 2.00 bits per heavy atom. The first-order chi connectivity index (χ1) is 12.6. The lowest BCUT2D eigenvalue weighted by Gasteiger charge is -2.08. The molecule has 0 aliphatic heterocycles. The first-order valence-electron chi connectivity index (χ1n) is 8.87. The molecule has 1 aromatic carbocycles. The highest BCUT2D eigenvalue weighted by atomic mass is 16.5. The second kappa shape index (κ2) is 8.07. The fourth-order valence-corrected chi connectivity index (χ4v) is 3.04. The number of rotatable bonds is 5. The lowest BCUT2D eigenvalue weighted by molar-refractivity contribution is 0.305. The number of fused-ring (bicyclic) bond motifs is 1. The number of aliphatic hydroxyl groups is 1. The monoisotopic (exact) mass is 348 g/mol. The minimum atomic E-state index is 0.0764. The van der Waals surface area contributed by atoms with Gasteiger partial charge >= 0.3 is 0 Å². The van der Waals surface area contributed by atoms with Gasteiger partial charge in [0.25, 0.3) is 0 Å². The zero-order valence-electron chi connectivity index (χ0n) is 15.5. The van der Waals surface area contributed by atoms with Crippen molar-refractivity contribution in [2.45, 2.75) is 26.7 Å². The molecule has 0 fully saturated rings. The van der Waals surface area contributed by atoms with E-state index in [9.17, 15) is 0 Å². The van der Waals surface area contributed by atoms with Crippen molar-refractivity contribution in [1.29, 1.82) is 0 Å². The number of methoxy groups -OCH3 is 1. The maximum Gasteiger partial charge on any atom is 0.138 e. The van der Waals surface area contributed by atoms with Gasteiger partial charge in [0, 0.05) is 23.6 Å². The molecule has 0 bridgehead atoms. The van der Waals surface area contributed by atoms with Crippen molar-refractivity contribution in [3.05, 3.63) is 47.7 Å². The number of aromatic nitrogens is 2. The molecule has 0 unspecified atom stereocenters. The zero-order valence-corrected chi connectivity index (χ0v) is 15.5. The molecule has 2 N–H and O–H groups in total. The molecule has 0 atom stereocenters. The van der Waals surface area contributed by atoms with E-state index in [2.05, 4.69) is 53.9 Å². The van der Waals surface area contributed by atoms with Gasteiger partial charge < -0.3 is 14.8 Å². The van der Waals surface area contributed by atoms with E-state index in [1.54, 1.807) is 13.3 Å². The quantitative estimate of drug-likeness (QED) is 0.680. The molecule has 0 saturated heterocycles. The molecule has 3 aromatic rings. The number of ether oxygens (including phenoxy) is 1. The van der Waals surface area contributed by atoms with Crippen LogP contribution in [0.2, 0.25) is 0 Å². The Balaban J connectivity index is 2.11. The fourth-order valence-electron chi connectivity index (χ4n) is 3.04. The highest BCUT2D eigenvalue weighted by Crippen LogP contribution is 2.32. The highest BCUT2D eigenvalue weighted by molar-refractivity contribution is 5.89. The van der Waals surface area contributed by atoms with E-state index in [-0.39, 0.29) is 6.61 Å². The van der Waals surface area contributed by atoms with Gasteiger partial charge in [-0.1, -0.05) is 25.7 Å². The van der Waals surface area contributed by atoms with Crippen LogP contribution in [-0.4, -0.2) is 28.8 Å². The summed E-state index contributed by atoms with van der Waals surface area (Å²) in [4.78, 5) is 8.04. The Morgan fingerprint density at radius 1 is 1.23 bits per heavy atom. The Hall–Kier alpha value is -2.77. The first-order valence-corrected chi connectivity index (χ1v) is 8.87. The van der Waals surface area contributed by atoms with E-state index in [0.717, 1.165) is 40.0 Å². The predicted octanol–water partition coefficient (Wildman–Crippen LogP) is 4.17. The van der Waals surface area contributed by atoms with E-state index < -0.39 is 0 Å². The van der Waals surface area contributed by atoms with Crippen LogP contribution in [0.15, 0.2) is 36.5 Å². The van der Waals surface area contributed by atoms with Crippen LogP contribution in [0.3, 0.4) is 0 Å². The standard InChI is InChI=1S/C22H24N2O2/c1-15(2)12-19-20-13-16(6-4-5-11-25)14-23-22(20)24-21(19)17-7-9-18(26-3)10-8-17/h7-10,13-15,25H,5,11-12H2,1-3H3,(H,23,24). The molecule has 4 nitrogen and oxygen atoms in total. The molecule has 4 heteroatoms. The largest absolute Gasteiger partial charge is 0.497 e. The lowest BCUT2D eigenvalue weighted by Crippen LogP contribution is -1.96. The van der Waals surface area contributed by atoms with E-state index in [4.69, 9.17) is 9.84 Å². The van der Waals surface area contributed by atoms with Crippen molar-refractivity contribution >= 4 is 11.0 Å². The summed E-state index contributed by atoms with van der Waals surface area (Å²) < 4.78 is 5.27. The van der Waals surface area contributed by atoms with Crippen molar-refractivity contribution < 1.29 is 9.84 Å². The van der Waals surface area contributed by atoms with Crippen molar-refractivity contribution in [1.82, 2.24) is 9.97 Å². The maximum absolute atomic E-state index is 8.89. The second-order valence-corrected chi connectivity index (χ2v) is 6.70. The molecule has 134 valence electrons. The van der Waals surface area contributed by atoms with Crippen molar-refractivity contribution in [2.75, 3.05) is 13.7 Å². The molecule has 0 spiro atoms. The van der Waals surface area contributed by atoms with Gasteiger partial charge in [-0.15, -0.1) is 0 Å². The molecule has 0 radical (unpaired) electrons.